The summed E-state index contributed by atoms with van der Waals surface area (Å²) in [5.41, 5.74) is 8.34. The first-order valence-electron chi connectivity index (χ1n) is 10.7. The zero-order chi connectivity index (χ0) is 24.4. The Morgan fingerprint density at radius 1 is 1.21 bits per heavy atom. The van der Waals surface area contributed by atoms with E-state index in [-0.39, 0.29) is 22.0 Å². The van der Waals surface area contributed by atoms with Crippen LogP contribution in [0.4, 0.5) is 5.00 Å². The lowest BCUT2D eigenvalue weighted by Gasteiger charge is -2.10. The van der Waals surface area contributed by atoms with Crippen molar-refractivity contribution in [2.75, 3.05) is 11.9 Å². The molecule has 2 amide bonds. The van der Waals surface area contributed by atoms with E-state index in [2.05, 4.69) is 15.4 Å². The van der Waals surface area contributed by atoms with E-state index in [0.717, 1.165) is 16.9 Å². The number of nitrogens with one attached hydrogen (secondary N) is 1. The molecule has 0 radical (unpaired) electrons. The molecule has 1 aromatic carbocycles. The number of amides is 2. The summed E-state index contributed by atoms with van der Waals surface area (Å²) in [4.78, 5) is 42.8. The van der Waals surface area contributed by atoms with Crippen LogP contribution in [0.3, 0.4) is 0 Å². The van der Waals surface area contributed by atoms with Gasteiger partial charge in [-0.15, -0.1) is 11.3 Å². The number of pyridine rings is 1. The van der Waals surface area contributed by atoms with Crippen LogP contribution in [-0.4, -0.2) is 39.2 Å². The van der Waals surface area contributed by atoms with Gasteiger partial charge in [-0.3, -0.25) is 14.3 Å². The second-order valence-corrected chi connectivity index (χ2v) is 8.48. The van der Waals surface area contributed by atoms with Crippen molar-refractivity contribution >= 4 is 45.0 Å². The van der Waals surface area contributed by atoms with Crippen LogP contribution < -0.4 is 11.1 Å². The number of hydrogen-bond donors (Lipinski definition) is 2. The monoisotopic (exact) mass is 477 g/mol. The predicted octanol–water partition coefficient (Wildman–Crippen LogP) is 4.02. The molecular formula is C24H23N5O4S. The van der Waals surface area contributed by atoms with Gasteiger partial charge in [-0.05, 0) is 38.5 Å². The molecular weight excluding hydrogens is 454 g/mol. The van der Waals surface area contributed by atoms with E-state index in [1.807, 2.05) is 31.3 Å². The van der Waals surface area contributed by atoms with E-state index in [1.165, 1.54) is 0 Å². The molecule has 4 aromatic rings. The average molecular weight is 478 g/mol. The number of fused-ring (bicyclic) bond motifs is 1. The molecule has 0 saturated carbocycles. The number of carbonyl (C=O) groups excluding carboxylic acids is 3. The van der Waals surface area contributed by atoms with Gasteiger partial charge in [0.05, 0.1) is 40.0 Å². The SMILES string of the molecule is CCOC(=O)c1c(NC(=O)c2cc(-c3cnn(CC)c3)nc3ccccc23)sc(C(N)=O)c1C. The molecule has 0 saturated heterocycles. The van der Waals surface area contributed by atoms with Crippen LogP contribution >= 0.6 is 11.3 Å². The standard InChI is InChI=1S/C24H23N5O4S/c1-4-29-12-14(11-26-29)18-10-16(15-8-6-7-9-17(15)27-18)22(31)28-23-19(24(32)33-5-2)13(3)20(34-23)21(25)30/h6-12H,4-5H2,1-3H3,(H2,25,30)(H,28,31). The van der Waals surface area contributed by atoms with Gasteiger partial charge < -0.3 is 15.8 Å². The third-order valence-electron chi connectivity index (χ3n) is 5.29. The van der Waals surface area contributed by atoms with Crippen LogP contribution in [0.2, 0.25) is 0 Å². The quantitative estimate of drug-likeness (QED) is 0.387. The molecule has 0 fully saturated rings. The number of rotatable bonds is 7. The van der Waals surface area contributed by atoms with Gasteiger partial charge in [0.2, 0.25) is 0 Å². The lowest BCUT2D eigenvalue weighted by atomic mass is 10.0. The largest absolute Gasteiger partial charge is 0.462 e. The summed E-state index contributed by atoms with van der Waals surface area (Å²) in [6.07, 6.45) is 3.56. The minimum Gasteiger partial charge on any atom is -0.462 e. The van der Waals surface area contributed by atoms with E-state index in [0.29, 0.717) is 34.3 Å². The fourth-order valence-electron chi connectivity index (χ4n) is 3.64. The highest BCUT2D eigenvalue weighted by atomic mass is 32.1. The summed E-state index contributed by atoms with van der Waals surface area (Å²) in [7, 11) is 0. The number of anilines is 1. The number of ether oxygens (including phenoxy) is 1. The molecule has 0 unspecified atom stereocenters. The van der Waals surface area contributed by atoms with Crippen molar-refractivity contribution in [3.63, 3.8) is 0 Å². The Morgan fingerprint density at radius 3 is 2.65 bits per heavy atom. The lowest BCUT2D eigenvalue weighted by molar-refractivity contribution is 0.0527. The van der Waals surface area contributed by atoms with E-state index in [9.17, 15) is 14.4 Å². The summed E-state index contributed by atoms with van der Waals surface area (Å²) in [6, 6.07) is 8.98. The van der Waals surface area contributed by atoms with Crippen LogP contribution in [-0.2, 0) is 11.3 Å². The first kappa shape index (κ1) is 23.1. The summed E-state index contributed by atoms with van der Waals surface area (Å²) in [5, 5.41) is 7.94. The van der Waals surface area contributed by atoms with Crippen molar-refractivity contribution in [3.8, 4) is 11.3 Å². The van der Waals surface area contributed by atoms with Crippen LogP contribution in [0.15, 0.2) is 42.7 Å². The number of esters is 1. The number of hydrogen-bond acceptors (Lipinski definition) is 7. The van der Waals surface area contributed by atoms with Gasteiger partial charge >= 0.3 is 5.97 Å². The summed E-state index contributed by atoms with van der Waals surface area (Å²) < 4.78 is 6.91. The van der Waals surface area contributed by atoms with Gasteiger partial charge in [-0.25, -0.2) is 9.78 Å². The molecule has 0 aliphatic rings. The number of aryl methyl sites for hydroxylation is 1. The third-order valence-corrected chi connectivity index (χ3v) is 6.51. The molecule has 9 nitrogen and oxygen atoms in total. The second-order valence-electron chi connectivity index (χ2n) is 7.46. The molecule has 4 rings (SSSR count). The zero-order valence-corrected chi connectivity index (χ0v) is 19.7. The number of nitrogens with two attached hydrogens (primary N) is 1. The van der Waals surface area contributed by atoms with Crippen molar-refractivity contribution in [3.05, 3.63) is 64.3 Å². The first-order chi connectivity index (χ1) is 16.3. The van der Waals surface area contributed by atoms with Crippen molar-refractivity contribution in [2.45, 2.75) is 27.3 Å². The molecule has 0 bridgehead atoms. The number of primary amides is 1. The maximum atomic E-state index is 13.5. The van der Waals surface area contributed by atoms with E-state index in [1.54, 1.807) is 36.9 Å². The number of benzene rings is 1. The Hall–Kier alpha value is -4.05. The molecule has 3 N–H and O–H groups in total. The Labute approximate surface area is 199 Å². The van der Waals surface area contributed by atoms with E-state index in [4.69, 9.17) is 10.5 Å². The lowest BCUT2D eigenvalue weighted by Crippen LogP contribution is -2.16. The second kappa shape index (κ2) is 9.44. The Balaban J connectivity index is 1.80. The zero-order valence-electron chi connectivity index (χ0n) is 18.9. The van der Waals surface area contributed by atoms with E-state index >= 15 is 0 Å². The molecule has 0 spiro atoms. The highest BCUT2D eigenvalue weighted by Gasteiger charge is 2.26. The fourth-order valence-corrected chi connectivity index (χ4v) is 4.68. The van der Waals surface area contributed by atoms with Crippen LogP contribution in [0, 0.1) is 6.92 Å². The molecule has 3 heterocycles. The maximum absolute atomic E-state index is 13.5. The number of nitrogens with zero attached hydrogens (tertiary/aromatic N) is 3. The van der Waals surface area contributed by atoms with Crippen LogP contribution in [0.1, 0.15) is 49.8 Å². The van der Waals surface area contributed by atoms with E-state index < -0.39 is 17.8 Å². The summed E-state index contributed by atoms with van der Waals surface area (Å²) >= 11 is 0.947. The maximum Gasteiger partial charge on any atom is 0.341 e. The topological polar surface area (TPSA) is 129 Å². The molecule has 174 valence electrons. The number of thiophene rings is 1. The third kappa shape index (κ3) is 4.27. The highest BCUT2D eigenvalue weighted by Crippen LogP contribution is 2.34. The predicted molar refractivity (Wildman–Crippen MR) is 130 cm³/mol. The summed E-state index contributed by atoms with van der Waals surface area (Å²) in [6.45, 7) is 6.12. The molecule has 0 aliphatic heterocycles. The average Bonchev–Trinajstić information content (AvgIpc) is 3.43. The molecule has 10 heteroatoms. The molecule has 34 heavy (non-hydrogen) atoms. The van der Waals surface area contributed by atoms with Crippen molar-refractivity contribution in [1.29, 1.82) is 0 Å². The van der Waals surface area contributed by atoms with Gasteiger partial charge in [0.25, 0.3) is 11.8 Å². The normalized spacial score (nSPS) is 10.9. The van der Waals surface area contributed by atoms with Gasteiger partial charge in [-0.1, -0.05) is 18.2 Å². The Morgan fingerprint density at radius 2 is 1.97 bits per heavy atom. The van der Waals surface area contributed by atoms with Gasteiger partial charge in [0.15, 0.2) is 0 Å². The number of para-hydroxylation sites is 1. The van der Waals surface area contributed by atoms with Gasteiger partial charge in [0.1, 0.15) is 5.00 Å². The molecule has 0 aliphatic carbocycles. The number of aromatic nitrogens is 3. The van der Waals surface area contributed by atoms with Crippen molar-refractivity contribution < 1.29 is 19.1 Å². The summed E-state index contributed by atoms with van der Waals surface area (Å²) in [5.74, 6) is -1.77. The molecule has 0 atom stereocenters. The van der Waals surface area contributed by atoms with Crippen LogP contribution in [0.5, 0.6) is 0 Å². The van der Waals surface area contributed by atoms with Crippen LogP contribution in [0.25, 0.3) is 22.2 Å². The smallest absolute Gasteiger partial charge is 0.341 e. The minimum absolute atomic E-state index is 0.122. The van der Waals surface area contributed by atoms with Crippen molar-refractivity contribution in [1.82, 2.24) is 14.8 Å². The Bertz CT molecular complexity index is 1420. The number of carbonyl (C=O) groups is 3. The highest BCUT2D eigenvalue weighted by molar-refractivity contribution is 7.18. The van der Waals surface area contributed by atoms with Gasteiger partial charge in [-0.2, -0.15) is 5.10 Å². The first-order valence-corrected chi connectivity index (χ1v) is 11.5. The fraction of sp³-hybridized carbons (Fsp3) is 0.208. The van der Waals surface area contributed by atoms with Crippen molar-refractivity contribution in [2.24, 2.45) is 5.73 Å². The Kier molecular flexibility index (Phi) is 6.42. The molecule has 3 aromatic heterocycles. The van der Waals surface area contributed by atoms with Gasteiger partial charge in [0, 0.05) is 23.7 Å². The minimum atomic E-state index is -0.682.